The van der Waals surface area contributed by atoms with E-state index in [-0.39, 0.29) is 30.9 Å². The number of nitrogens with one attached hydrogen (secondary N) is 1. The van der Waals surface area contributed by atoms with Gasteiger partial charge in [0.1, 0.15) is 0 Å². The van der Waals surface area contributed by atoms with Gasteiger partial charge in [-0.15, -0.1) is 0 Å². The van der Waals surface area contributed by atoms with Crippen LogP contribution in [0.3, 0.4) is 0 Å². The van der Waals surface area contributed by atoms with Gasteiger partial charge in [0.05, 0.1) is 11.9 Å². The predicted octanol–water partition coefficient (Wildman–Crippen LogP) is 3.41. The molecule has 0 aliphatic heterocycles. The van der Waals surface area contributed by atoms with E-state index in [1.807, 2.05) is 36.4 Å². The van der Waals surface area contributed by atoms with E-state index in [9.17, 15) is 9.59 Å². The number of aryl methyl sites for hydroxylation is 1. The highest BCUT2D eigenvalue weighted by molar-refractivity contribution is 5.81. The van der Waals surface area contributed by atoms with Gasteiger partial charge in [0.15, 0.2) is 6.61 Å². The van der Waals surface area contributed by atoms with Gasteiger partial charge in [-0.3, -0.25) is 14.6 Å². The number of benzene rings is 1. The third-order valence-corrected chi connectivity index (χ3v) is 5.06. The highest BCUT2D eigenvalue weighted by Gasteiger charge is 2.23. The Morgan fingerprint density at radius 2 is 1.96 bits per heavy atom. The van der Waals surface area contributed by atoms with Crippen molar-refractivity contribution >= 4 is 22.8 Å². The van der Waals surface area contributed by atoms with Crippen molar-refractivity contribution in [2.75, 3.05) is 6.61 Å². The maximum absolute atomic E-state index is 12.0. The van der Waals surface area contributed by atoms with Gasteiger partial charge in [-0.25, -0.2) is 0 Å². The molecule has 1 saturated carbocycles. The van der Waals surface area contributed by atoms with E-state index in [1.54, 1.807) is 0 Å². The number of rotatable bonds is 6. The first-order chi connectivity index (χ1) is 12.6. The average molecular weight is 354 g/mol. The largest absolute Gasteiger partial charge is 0.456 e. The molecular weight excluding hydrogens is 328 g/mol. The monoisotopic (exact) mass is 354 g/mol. The topological polar surface area (TPSA) is 68.3 Å². The van der Waals surface area contributed by atoms with E-state index in [0.717, 1.165) is 35.9 Å². The van der Waals surface area contributed by atoms with Gasteiger partial charge in [-0.1, -0.05) is 44.0 Å². The fourth-order valence-corrected chi connectivity index (χ4v) is 3.47. The lowest BCUT2D eigenvalue weighted by molar-refractivity contribution is -0.148. The number of carbonyl (C=O) groups excluding carboxylic acids is 2. The molecule has 1 aromatic heterocycles. The Bertz CT molecular complexity index is 775. The van der Waals surface area contributed by atoms with Crippen LogP contribution in [-0.4, -0.2) is 29.5 Å². The summed E-state index contributed by atoms with van der Waals surface area (Å²) < 4.78 is 5.11. The van der Waals surface area contributed by atoms with Crippen LogP contribution in [0.5, 0.6) is 0 Å². The number of hydrogen-bond donors (Lipinski definition) is 1. The number of ether oxygens (including phenoxy) is 1. The second-order valence-corrected chi connectivity index (χ2v) is 7.09. The van der Waals surface area contributed by atoms with Crippen LogP contribution in [0.1, 0.15) is 44.7 Å². The maximum atomic E-state index is 12.0. The molecule has 1 fully saturated rings. The molecule has 26 heavy (non-hydrogen) atoms. The number of fused-ring (bicyclic) bond motifs is 1. The van der Waals surface area contributed by atoms with Gasteiger partial charge in [-0.2, -0.15) is 0 Å². The maximum Gasteiger partial charge on any atom is 0.306 e. The van der Waals surface area contributed by atoms with Crippen molar-refractivity contribution in [2.45, 2.75) is 51.5 Å². The molecule has 0 spiro atoms. The van der Waals surface area contributed by atoms with Crippen LogP contribution in [0.25, 0.3) is 10.9 Å². The molecule has 1 amide bonds. The fraction of sp³-hybridized carbons (Fsp3) is 0.476. The lowest BCUT2D eigenvalue weighted by atomic mass is 9.86. The minimum absolute atomic E-state index is 0.201. The molecule has 5 heteroatoms. The summed E-state index contributed by atoms with van der Waals surface area (Å²) in [6.45, 7) is 1.96. The normalized spacial score (nSPS) is 19.9. The zero-order valence-corrected chi connectivity index (χ0v) is 15.2. The van der Waals surface area contributed by atoms with E-state index in [1.165, 1.54) is 6.42 Å². The molecule has 1 aliphatic rings. The molecule has 2 aromatic rings. The lowest BCUT2D eigenvalue weighted by Crippen LogP contribution is -2.42. The summed E-state index contributed by atoms with van der Waals surface area (Å²) in [6.07, 6.45) is 5.25. The summed E-state index contributed by atoms with van der Waals surface area (Å²) in [4.78, 5) is 28.4. The third kappa shape index (κ3) is 5.04. The van der Waals surface area contributed by atoms with Crippen molar-refractivity contribution in [3.63, 3.8) is 0 Å². The third-order valence-electron chi connectivity index (χ3n) is 5.06. The highest BCUT2D eigenvalue weighted by Crippen LogP contribution is 2.23. The molecule has 3 rings (SSSR count). The van der Waals surface area contributed by atoms with Gasteiger partial charge >= 0.3 is 5.97 Å². The van der Waals surface area contributed by atoms with Gasteiger partial charge in [0.2, 0.25) is 0 Å². The Balaban J connectivity index is 1.41. The number of carbonyl (C=O) groups is 2. The standard InChI is InChI=1S/C21H26N2O3/c1-15-6-2-4-8-18(15)23-20(24)14-26-21(25)13-12-17-11-10-16-7-3-5-9-19(16)22-17/h3,5,7,9-11,15,18H,2,4,6,8,12-14H2,1H3,(H,23,24). The summed E-state index contributed by atoms with van der Waals surface area (Å²) in [6, 6.07) is 12.0. The van der Waals surface area contributed by atoms with Crippen LogP contribution in [0.4, 0.5) is 0 Å². The molecule has 0 bridgehead atoms. The van der Waals surface area contributed by atoms with Crippen molar-refractivity contribution in [3.05, 3.63) is 42.1 Å². The van der Waals surface area contributed by atoms with Crippen LogP contribution in [0.2, 0.25) is 0 Å². The minimum Gasteiger partial charge on any atom is -0.456 e. The fourth-order valence-electron chi connectivity index (χ4n) is 3.47. The number of nitrogens with zero attached hydrogens (tertiary/aromatic N) is 1. The number of aromatic nitrogens is 1. The Morgan fingerprint density at radius 1 is 1.15 bits per heavy atom. The summed E-state index contributed by atoms with van der Waals surface area (Å²) in [7, 11) is 0. The first-order valence-electron chi connectivity index (χ1n) is 9.41. The Hall–Kier alpha value is -2.43. The van der Waals surface area contributed by atoms with Crippen molar-refractivity contribution in [3.8, 4) is 0 Å². The summed E-state index contributed by atoms with van der Waals surface area (Å²) >= 11 is 0. The molecule has 2 unspecified atom stereocenters. The summed E-state index contributed by atoms with van der Waals surface area (Å²) in [5.41, 5.74) is 1.76. The van der Waals surface area contributed by atoms with E-state index >= 15 is 0 Å². The number of pyridine rings is 1. The van der Waals surface area contributed by atoms with Gasteiger partial charge < -0.3 is 10.1 Å². The van der Waals surface area contributed by atoms with E-state index < -0.39 is 0 Å². The second-order valence-electron chi connectivity index (χ2n) is 7.09. The Labute approximate surface area is 154 Å². The van der Waals surface area contributed by atoms with Crippen LogP contribution in [0, 0.1) is 5.92 Å². The summed E-state index contributed by atoms with van der Waals surface area (Å²) in [5.74, 6) is -0.0879. The Morgan fingerprint density at radius 3 is 2.81 bits per heavy atom. The van der Waals surface area contributed by atoms with E-state index in [4.69, 9.17) is 4.74 Å². The average Bonchev–Trinajstić information content (AvgIpc) is 2.66. The molecule has 1 aromatic carbocycles. The molecule has 1 heterocycles. The zero-order valence-electron chi connectivity index (χ0n) is 15.2. The SMILES string of the molecule is CC1CCCCC1NC(=O)COC(=O)CCc1ccc2ccccc2n1. The molecular formula is C21H26N2O3. The van der Waals surface area contributed by atoms with E-state index in [2.05, 4.69) is 17.2 Å². The van der Waals surface area contributed by atoms with Gasteiger partial charge in [-0.05, 0) is 30.9 Å². The number of amides is 1. The predicted molar refractivity (Wildman–Crippen MR) is 101 cm³/mol. The minimum atomic E-state index is -0.369. The first kappa shape index (κ1) is 18.4. The van der Waals surface area contributed by atoms with Crippen LogP contribution in [0.15, 0.2) is 36.4 Å². The molecule has 5 nitrogen and oxygen atoms in total. The number of para-hydroxylation sites is 1. The van der Waals surface area contributed by atoms with Crippen LogP contribution < -0.4 is 5.32 Å². The van der Waals surface area contributed by atoms with Crippen LogP contribution >= 0.6 is 0 Å². The Kier molecular flexibility index (Phi) is 6.21. The quantitative estimate of drug-likeness (QED) is 0.807. The van der Waals surface area contributed by atoms with E-state index in [0.29, 0.717) is 12.3 Å². The number of hydrogen-bond acceptors (Lipinski definition) is 4. The van der Waals surface area contributed by atoms with Crippen molar-refractivity contribution in [2.24, 2.45) is 5.92 Å². The first-order valence-corrected chi connectivity index (χ1v) is 9.41. The molecule has 1 N–H and O–H groups in total. The molecule has 2 atom stereocenters. The molecule has 0 radical (unpaired) electrons. The summed E-state index contributed by atoms with van der Waals surface area (Å²) in [5, 5.41) is 4.07. The number of esters is 1. The van der Waals surface area contributed by atoms with Crippen molar-refractivity contribution < 1.29 is 14.3 Å². The highest BCUT2D eigenvalue weighted by atomic mass is 16.5. The molecule has 138 valence electrons. The second kappa shape index (κ2) is 8.79. The van der Waals surface area contributed by atoms with Crippen LogP contribution in [-0.2, 0) is 20.7 Å². The van der Waals surface area contributed by atoms with Gasteiger partial charge in [0, 0.05) is 23.5 Å². The zero-order chi connectivity index (χ0) is 18.4. The van der Waals surface area contributed by atoms with Crippen molar-refractivity contribution in [1.29, 1.82) is 0 Å². The van der Waals surface area contributed by atoms with Crippen molar-refractivity contribution in [1.82, 2.24) is 10.3 Å². The molecule has 1 aliphatic carbocycles. The lowest BCUT2D eigenvalue weighted by Gasteiger charge is -2.29. The smallest absolute Gasteiger partial charge is 0.306 e. The molecule has 0 saturated heterocycles. The van der Waals surface area contributed by atoms with Gasteiger partial charge in [0.25, 0.3) is 5.91 Å².